The lowest BCUT2D eigenvalue weighted by atomic mass is 10.0. The molecule has 20 heavy (non-hydrogen) atoms. The first kappa shape index (κ1) is 15.5. The Bertz CT molecular complexity index is 375. The van der Waals surface area contributed by atoms with Crippen LogP contribution in [0.2, 0.25) is 0 Å². The van der Waals surface area contributed by atoms with E-state index >= 15 is 0 Å². The molecular formula is C17H29N3. The van der Waals surface area contributed by atoms with E-state index in [2.05, 4.69) is 54.0 Å². The van der Waals surface area contributed by atoms with Gasteiger partial charge in [-0.15, -0.1) is 0 Å². The van der Waals surface area contributed by atoms with Crippen molar-refractivity contribution < 1.29 is 0 Å². The fourth-order valence-corrected chi connectivity index (χ4v) is 3.22. The molecule has 2 rings (SSSR count). The number of hydrogen-bond donors (Lipinski definition) is 1. The summed E-state index contributed by atoms with van der Waals surface area (Å²) in [4.78, 5) is 5.17. The number of likely N-dealkylation sites (tertiary alicyclic amines) is 1. The lowest BCUT2D eigenvalue weighted by molar-refractivity contribution is 0.0702. The molecular weight excluding hydrogens is 246 g/mol. The van der Waals surface area contributed by atoms with E-state index in [4.69, 9.17) is 5.73 Å². The van der Waals surface area contributed by atoms with Crippen molar-refractivity contribution in [3.05, 3.63) is 35.9 Å². The van der Waals surface area contributed by atoms with E-state index in [1.54, 1.807) is 0 Å². The van der Waals surface area contributed by atoms with E-state index in [9.17, 15) is 0 Å². The van der Waals surface area contributed by atoms with Gasteiger partial charge in [-0.05, 0) is 38.8 Å². The summed E-state index contributed by atoms with van der Waals surface area (Å²) < 4.78 is 0. The van der Waals surface area contributed by atoms with Crippen molar-refractivity contribution in [2.45, 2.75) is 45.3 Å². The number of nitrogens with zero attached hydrogens (tertiary/aromatic N) is 2. The third-order valence-electron chi connectivity index (χ3n) is 4.27. The summed E-state index contributed by atoms with van der Waals surface area (Å²) >= 11 is 0. The molecule has 3 heteroatoms. The van der Waals surface area contributed by atoms with Gasteiger partial charge in [-0.3, -0.25) is 4.90 Å². The molecule has 1 aromatic carbocycles. The van der Waals surface area contributed by atoms with E-state index in [0.29, 0.717) is 12.1 Å². The molecule has 1 aliphatic rings. The van der Waals surface area contributed by atoms with Crippen molar-refractivity contribution in [3.63, 3.8) is 0 Å². The zero-order chi connectivity index (χ0) is 14.4. The highest BCUT2D eigenvalue weighted by molar-refractivity contribution is 5.14. The minimum absolute atomic E-state index is 0.582. The smallest absolute Gasteiger partial charge is 0.0239 e. The first-order chi connectivity index (χ1) is 9.70. The summed E-state index contributed by atoms with van der Waals surface area (Å²) in [6.07, 6.45) is 2.61. The summed E-state index contributed by atoms with van der Waals surface area (Å²) in [6, 6.07) is 12.1. The predicted octanol–water partition coefficient (Wildman–Crippen LogP) is 2.32. The summed E-state index contributed by atoms with van der Waals surface area (Å²) in [5.41, 5.74) is 7.12. The van der Waals surface area contributed by atoms with E-state index in [0.717, 1.165) is 19.6 Å². The monoisotopic (exact) mass is 275 g/mol. The Kier molecular flexibility index (Phi) is 6.02. The van der Waals surface area contributed by atoms with Crippen LogP contribution in [0, 0.1) is 0 Å². The molecule has 1 aliphatic heterocycles. The van der Waals surface area contributed by atoms with Gasteiger partial charge < -0.3 is 10.6 Å². The molecule has 0 spiro atoms. The highest BCUT2D eigenvalue weighted by atomic mass is 15.2. The molecule has 1 saturated heterocycles. The zero-order valence-corrected chi connectivity index (χ0v) is 13.0. The number of piperidine rings is 1. The Morgan fingerprint density at radius 1 is 1.30 bits per heavy atom. The maximum absolute atomic E-state index is 5.71. The van der Waals surface area contributed by atoms with Crippen LogP contribution in [-0.2, 0) is 6.54 Å². The van der Waals surface area contributed by atoms with Gasteiger partial charge in [0.2, 0.25) is 0 Å². The molecule has 1 unspecified atom stereocenters. The van der Waals surface area contributed by atoms with Crippen LogP contribution in [0.15, 0.2) is 30.3 Å². The topological polar surface area (TPSA) is 32.5 Å². The SMILES string of the molecule is CC(C)N(Cc1ccccc1)C1CCCN(CCN)C1. The summed E-state index contributed by atoms with van der Waals surface area (Å²) in [5, 5.41) is 0. The van der Waals surface area contributed by atoms with Crippen molar-refractivity contribution >= 4 is 0 Å². The second kappa shape index (κ2) is 7.77. The Labute approximate surface area is 123 Å². The van der Waals surface area contributed by atoms with E-state index < -0.39 is 0 Å². The molecule has 0 amide bonds. The number of rotatable bonds is 6. The molecule has 3 nitrogen and oxygen atoms in total. The predicted molar refractivity (Wildman–Crippen MR) is 85.6 cm³/mol. The Morgan fingerprint density at radius 2 is 2.05 bits per heavy atom. The van der Waals surface area contributed by atoms with Gasteiger partial charge in [0.05, 0.1) is 0 Å². The minimum Gasteiger partial charge on any atom is -0.329 e. The van der Waals surface area contributed by atoms with E-state index in [-0.39, 0.29) is 0 Å². The number of hydrogen-bond acceptors (Lipinski definition) is 3. The van der Waals surface area contributed by atoms with E-state index in [1.807, 2.05) is 0 Å². The van der Waals surface area contributed by atoms with Gasteiger partial charge >= 0.3 is 0 Å². The second-order valence-electron chi connectivity index (χ2n) is 6.14. The fourth-order valence-electron chi connectivity index (χ4n) is 3.22. The van der Waals surface area contributed by atoms with Gasteiger partial charge in [0.25, 0.3) is 0 Å². The molecule has 1 fully saturated rings. The highest BCUT2D eigenvalue weighted by Crippen LogP contribution is 2.20. The minimum atomic E-state index is 0.582. The third-order valence-corrected chi connectivity index (χ3v) is 4.27. The maximum Gasteiger partial charge on any atom is 0.0239 e. The first-order valence-corrected chi connectivity index (χ1v) is 7.92. The molecule has 1 aromatic rings. The van der Waals surface area contributed by atoms with Gasteiger partial charge in [-0.1, -0.05) is 30.3 Å². The first-order valence-electron chi connectivity index (χ1n) is 7.92. The largest absolute Gasteiger partial charge is 0.329 e. The maximum atomic E-state index is 5.71. The fraction of sp³-hybridized carbons (Fsp3) is 0.647. The van der Waals surface area contributed by atoms with Gasteiger partial charge in [0, 0.05) is 38.3 Å². The Morgan fingerprint density at radius 3 is 2.70 bits per heavy atom. The average molecular weight is 275 g/mol. The third kappa shape index (κ3) is 4.30. The summed E-state index contributed by atoms with van der Waals surface area (Å²) in [7, 11) is 0. The van der Waals surface area contributed by atoms with Crippen molar-refractivity contribution in [3.8, 4) is 0 Å². The number of benzene rings is 1. The van der Waals surface area contributed by atoms with E-state index in [1.165, 1.54) is 31.5 Å². The Balaban J connectivity index is 2.00. The van der Waals surface area contributed by atoms with Crippen LogP contribution >= 0.6 is 0 Å². The normalized spacial score (nSPS) is 20.8. The standard InChI is InChI=1S/C17H29N3/c1-15(2)20(13-16-7-4-3-5-8-16)17-9-6-11-19(14-17)12-10-18/h3-5,7-8,15,17H,6,9-14,18H2,1-2H3. The van der Waals surface area contributed by atoms with Crippen molar-refractivity contribution in [2.75, 3.05) is 26.2 Å². The summed E-state index contributed by atoms with van der Waals surface area (Å²) in [6.45, 7) is 9.86. The van der Waals surface area contributed by atoms with Crippen LogP contribution in [0.5, 0.6) is 0 Å². The molecule has 0 aromatic heterocycles. The molecule has 112 valence electrons. The van der Waals surface area contributed by atoms with Crippen LogP contribution in [0.1, 0.15) is 32.3 Å². The summed E-state index contributed by atoms with van der Waals surface area (Å²) in [5.74, 6) is 0. The zero-order valence-electron chi connectivity index (χ0n) is 13.0. The van der Waals surface area contributed by atoms with Gasteiger partial charge in [0.1, 0.15) is 0 Å². The average Bonchev–Trinajstić information content (AvgIpc) is 2.46. The van der Waals surface area contributed by atoms with Crippen LogP contribution in [-0.4, -0.2) is 48.1 Å². The molecule has 1 atom stereocenters. The van der Waals surface area contributed by atoms with Crippen LogP contribution in [0.25, 0.3) is 0 Å². The molecule has 1 heterocycles. The molecule has 0 bridgehead atoms. The van der Waals surface area contributed by atoms with Crippen molar-refractivity contribution in [1.29, 1.82) is 0 Å². The molecule has 2 N–H and O–H groups in total. The lowest BCUT2D eigenvalue weighted by Gasteiger charge is -2.41. The van der Waals surface area contributed by atoms with Crippen molar-refractivity contribution in [1.82, 2.24) is 9.80 Å². The quantitative estimate of drug-likeness (QED) is 0.865. The lowest BCUT2D eigenvalue weighted by Crippen LogP contribution is -2.50. The molecule has 0 radical (unpaired) electrons. The molecule has 0 aliphatic carbocycles. The van der Waals surface area contributed by atoms with Crippen LogP contribution in [0.3, 0.4) is 0 Å². The van der Waals surface area contributed by atoms with Crippen LogP contribution in [0.4, 0.5) is 0 Å². The second-order valence-corrected chi connectivity index (χ2v) is 6.14. The Hall–Kier alpha value is -0.900. The van der Waals surface area contributed by atoms with Gasteiger partial charge in [-0.25, -0.2) is 0 Å². The highest BCUT2D eigenvalue weighted by Gasteiger charge is 2.26. The van der Waals surface area contributed by atoms with Gasteiger partial charge in [-0.2, -0.15) is 0 Å². The van der Waals surface area contributed by atoms with Crippen LogP contribution < -0.4 is 5.73 Å². The van der Waals surface area contributed by atoms with Gasteiger partial charge in [0.15, 0.2) is 0 Å². The number of nitrogens with two attached hydrogens (primary N) is 1. The molecule has 0 saturated carbocycles. The van der Waals surface area contributed by atoms with Crippen molar-refractivity contribution in [2.24, 2.45) is 5.73 Å².